The summed E-state index contributed by atoms with van der Waals surface area (Å²) in [6.07, 6.45) is 3.19. The Bertz CT molecular complexity index is 420. The Labute approximate surface area is 112 Å². The van der Waals surface area contributed by atoms with Gasteiger partial charge in [-0.25, -0.2) is 4.39 Å². The van der Waals surface area contributed by atoms with Crippen molar-refractivity contribution in [1.82, 2.24) is 5.32 Å². The summed E-state index contributed by atoms with van der Waals surface area (Å²) in [5, 5.41) is 12.9. The van der Waals surface area contributed by atoms with Gasteiger partial charge in [-0.2, -0.15) is 0 Å². The molecule has 100 valence electrons. The highest BCUT2D eigenvalue weighted by Crippen LogP contribution is 2.48. The maximum Gasteiger partial charge on any atom is 0.124 e. The molecule has 0 heterocycles. The van der Waals surface area contributed by atoms with Crippen molar-refractivity contribution in [1.29, 1.82) is 0 Å². The summed E-state index contributed by atoms with van der Waals surface area (Å²) in [7, 11) is 0. The normalized spacial score (nSPS) is 18.7. The molecule has 0 saturated heterocycles. The Hall–Kier alpha value is -0.640. The average Bonchev–Trinajstić information content (AvgIpc) is 3.07. The second-order valence-electron chi connectivity index (χ2n) is 5.24. The molecule has 0 aromatic heterocycles. The minimum Gasteiger partial charge on any atom is -0.396 e. The summed E-state index contributed by atoms with van der Waals surface area (Å²) in [6, 6.07) is 4.59. The van der Waals surface area contributed by atoms with Crippen LogP contribution in [0.5, 0.6) is 0 Å². The monoisotopic (exact) mass is 271 g/mol. The lowest BCUT2D eigenvalue weighted by molar-refractivity contribution is 0.243. The minimum absolute atomic E-state index is 0.0919. The predicted molar refractivity (Wildman–Crippen MR) is 71.2 cm³/mol. The molecule has 1 fully saturated rings. The van der Waals surface area contributed by atoms with Gasteiger partial charge in [-0.3, -0.25) is 0 Å². The van der Waals surface area contributed by atoms with Crippen molar-refractivity contribution < 1.29 is 9.50 Å². The zero-order valence-corrected chi connectivity index (χ0v) is 11.3. The smallest absolute Gasteiger partial charge is 0.124 e. The quantitative estimate of drug-likeness (QED) is 0.832. The maximum absolute atomic E-state index is 13.0. The molecule has 1 aromatic carbocycles. The summed E-state index contributed by atoms with van der Waals surface area (Å²) in [5.74, 6) is -0.310. The molecule has 4 heteroatoms. The van der Waals surface area contributed by atoms with E-state index in [0.29, 0.717) is 5.02 Å². The largest absolute Gasteiger partial charge is 0.396 e. The predicted octanol–water partition coefficient (Wildman–Crippen LogP) is 3.29. The second kappa shape index (κ2) is 5.55. The number of aliphatic hydroxyl groups excluding tert-OH is 1. The average molecular weight is 272 g/mol. The van der Waals surface area contributed by atoms with E-state index in [9.17, 15) is 4.39 Å². The number of nitrogens with one attached hydrogen (secondary N) is 1. The number of halogens is 2. The lowest BCUT2D eigenvalue weighted by atomic mass is 10.0. The zero-order chi connectivity index (χ0) is 13.2. The number of benzene rings is 1. The molecular formula is C14H19ClFNO. The summed E-state index contributed by atoms with van der Waals surface area (Å²) >= 11 is 6.03. The molecule has 0 spiro atoms. The van der Waals surface area contributed by atoms with E-state index in [1.54, 1.807) is 6.07 Å². The standard InChI is InChI=1S/C14H19ClFNO/c1-10(12-3-2-11(16)8-13(12)15)17-9-14(4-5-14)6-7-18/h2-3,8,10,17-18H,4-7,9H2,1H3. The molecule has 1 aliphatic rings. The van der Waals surface area contributed by atoms with E-state index >= 15 is 0 Å². The molecule has 18 heavy (non-hydrogen) atoms. The van der Waals surface area contributed by atoms with Crippen LogP contribution in [0.25, 0.3) is 0 Å². The van der Waals surface area contributed by atoms with Crippen LogP contribution in [0.3, 0.4) is 0 Å². The molecule has 1 aliphatic carbocycles. The van der Waals surface area contributed by atoms with Crippen LogP contribution >= 0.6 is 11.6 Å². The number of rotatable bonds is 6. The first-order valence-electron chi connectivity index (χ1n) is 6.35. The molecular weight excluding hydrogens is 253 g/mol. The van der Waals surface area contributed by atoms with Crippen molar-refractivity contribution in [3.05, 3.63) is 34.6 Å². The Balaban J connectivity index is 1.93. The van der Waals surface area contributed by atoms with Crippen molar-refractivity contribution >= 4 is 11.6 Å². The van der Waals surface area contributed by atoms with Gasteiger partial charge in [-0.15, -0.1) is 0 Å². The Kier molecular flexibility index (Phi) is 4.25. The van der Waals surface area contributed by atoms with Gasteiger partial charge in [0.05, 0.1) is 0 Å². The van der Waals surface area contributed by atoms with E-state index in [4.69, 9.17) is 16.7 Å². The Morgan fingerprint density at radius 3 is 2.78 bits per heavy atom. The fourth-order valence-corrected chi connectivity index (χ4v) is 2.59. The van der Waals surface area contributed by atoms with Gasteiger partial charge >= 0.3 is 0 Å². The van der Waals surface area contributed by atoms with Crippen molar-refractivity contribution in [3.63, 3.8) is 0 Å². The van der Waals surface area contributed by atoms with Gasteiger partial charge in [0, 0.05) is 24.2 Å². The fourth-order valence-electron chi connectivity index (χ4n) is 2.26. The number of hydrogen-bond donors (Lipinski definition) is 2. The van der Waals surface area contributed by atoms with Crippen LogP contribution in [0.15, 0.2) is 18.2 Å². The maximum atomic E-state index is 13.0. The van der Waals surface area contributed by atoms with Gasteiger partial charge in [0.1, 0.15) is 5.82 Å². The van der Waals surface area contributed by atoms with Crippen molar-refractivity contribution in [2.24, 2.45) is 5.41 Å². The molecule has 0 aliphatic heterocycles. The highest BCUT2D eigenvalue weighted by molar-refractivity contribution is 6.31. The van der Waals surface area contributed by atoms with Crippen LogP contribution < -0.4 is 5.32 Å². The molecule has 0 bridgehead atoms. The molecule has 1 atom stereocenters. The third-order valence-corrected chi connectivity index (χ3v) is 4.14. The van der Waals surface area contributed by atoms with Crippen molar-refractivity contribution in [2.45, 2.75) is 32.2 Å². The topological polar surface area (TPSA) is 32.3 Å². The minimum atomic E-state index is -0.310. The van der Waals surface area contributed by atoms with E-state index in [2.05, 4.69) is 5.32 Å². The second-order valence-corrected chi connectivity index (χ2v) is 5.65. The summed E-state index contributed by atoms with van der Waals surface area (Å²) < 4.78 is 13.0. The summed E-state index contributed by atoms with van der Waals surface area (Å²) in [5.41, 5.74) is 1.19. The molecule has 1 saturated carbocycles. The molecule has 2 N–H and O–H groups in total. The van der Waals surface area contributed by atoms with Crippen LogP contribution in [0.2, 0.25) is 5.02 Å². The van der Waals surface area contributed by atoms with Crippen LogP contribution in [0, 0.1) is 11.2 Å². The van der Waals surface area contributed by atoms with Gasteiger partial charge in [0.25, 0.3) is 0 Å². The van der Waals surface area contributed by atoms with Gasteiger partial charge in [0.15, 0.2) is 0 Å². The van der Waals surface area contributed by atoms with E-state index in [1.807, 2.05) is 6.92 Å². The van der Waals surface area contributed by atoms with Crippen LogP contribution in [0.1, 0.15) is 37.8 Å². The molecule has 2 nitrogen and oxygen atoms in total. The van der Waals surface area contributed by atoms with Gasteiger partial charge in [-0.05, 0) is 49.3 Å². The summed E-state index contributed by atoms with van der Waals surface area (Å²) in [4.78, 5) is 0. The highest BCUT2D eigenvalue weighted by Gasteiger charge is 2.41. The van der Waals surface area contributed by atoms with E-state index in [1.165, 1.54) is 25.0 Å². The molecule has 0 radical (unpaired) electrons. The summed E-state index contributed by atoms with van der Waals surface area (Å²) in [6.45, 7) is 3.14. The van der Waals surface area contributed by atoms with Gasteiger partial charge in [-0.1, -0.05) is 17.7 Å². The van der Waals surface area contributed by atoms with Crippen LogP contribution in [0.4, 0.5) is 4.39 Å². The van der Waals surface area contributed by atoms with Crippen LogP contribution in [-0.2, 0) is 0 Å². The lowest BCUT2D eigenvalue weighted by Gasteiger charge is -2.20. The van der Waals surface area contributed by atoms with Gasteiger partial charge < -0.3 is 10.4 Å². The lowest BCUT2D eigenvalue weighted by Crippen LogP contribution is -2.27. The zero-order valence-electron chi connectivity index (χ0n) is 10.5. The van der Waals surface area contributed by atoms with E-state index in [-0.39, 0.29) is 23.9 Å². The first kappa shape index (κ1) is 13.8. The fraction of sp³-hybridized carbons (Fsp3) is 0.571. The first-order chi connectivity index (χ1) is 8.56. The highest BCUT2D eigenvalue weighted by atomic mass is 35.5. The number of hydrogen-bond acceptors (Lipinski definition) is 2. The molecule has 1 unspecified atom stereocenters. The number of aliphatic hydroxyl groups is 1. The molecule has 2 rings (SSSR count). The van der Waals surface area contributed by atoms with Gasteiger partial charge in [0.2, 0.25) is 0 Å². The van der Waals surface area contributed by atoms with E-state index in [0.717, 1.165) is 18.5 Å². The first-order valence-corrected chi connectivity index (χ1v) is 6.73. The Morgan fingerprint density at radius 2 is 2.22 bits per heavy atom. The van der Waals surface area contributed by atoms with Crippen molar-refractivity contribution in [3.8, 4) is 0 Å². The third kappa shape index (κ3) is 3.22. The van der Waals surface area contributed by atoms with Crippen LogP contribution in [-0.4, -0.2) is 18.3 Å². The molecule has 0 amide bonds. The Morgan fingerprint density at radius 1 is 1.50 bits per heavy atom. The SMILES string of the molecule is CC(NCC1(CCO)CC1)c1ccc(F)cc1Cl. The third-order valence-electron chi connectivity index (χ3n) is 3.81. The van der Waals surface area contributed by atoms with Crippen molar-refractivity contribution in [2.75, 3.05) is 13.2 Å². The van der Waals surface area contributed by atoms with E-state index < -0.39 is 0 Å². The molecule has 1 aromatic rings.